The van der Waals surface area contributed by atoms with Crippen LogP contribution in [-0.2, 0) is 6.42 Å². The van der Waals surface area contributed by atoms with E-state index in [0.717, 1.165) is 22.2 Å². The predicted molar refractivity (Wildman–Crippen MR) is 89.5 cm³/mol. The Kier molecular flexibility index (Phi) is 5.95. The minimum absolute atomic E-state index is 0.331. The maximum atomic E-state index is 9.51. The zero-order chi connectivity index (χ0) is 14.4. The minimum atomic E-state index is 0.331. The van der Waals surface area contributed by atoms with Gasteiger partial charge in [0, 0.05) is 21.2 Å². The molecule has 2 rings (SSSR count). The fourth-order valence-electron chi connectivity index (χ4n) is 1.97. The summed E-state index contributed by atoms with van der Waals surface area (Å²) in [7, 11) is 1.98. The molecule has 0 amide bonds. The van der Waals surface area contributed by atoms with Gasteiger partial charge in [0.05, 0.1) is 0 Å². The van der Waals surface area contributed by atoms with Crippen LogP contribution in [0.5, 0.6) is 5.75 Å². The van der Waals surface area contributed by atoms with Crippen LogP contribution in [0.15, 0.2) is 57.9 Å². The van der Waals surface area contributed by atoms with Crippen LogP contribution in [-0.4, -0.2) is 23.9 Å². The van der Waals surface area contributed by atoms with Crippen molar-refractivity contribution in [3.63, 3.8) is 0 Å². The van der Waals surface area contributed by atoms with Crippen molar-refractivity contribution in [1.29, 1.82) is 0 Å². The van der Waals surface area contributed by atoms with Gasteiger partial charge in [0.1, 0.15) is 5.75 Å². The molecule has 20 heavy (non-hydrogen) atoms. The van der Waals surface area contributed by atoms with E-state index in [9.17, 15) is 5.11 Å². The van der Waals surface area contributed by atoms with Gasteiger partial charge in [-0.2, -0.15) is 0 Å². The molecule has 2 N–H and O–H groups in total. The Hall–Kier alpha value is -0.970. The highest BCUT2D eigenvalue weighted by atomic mass is 79.9. The van der Waals surface area contributed by atoms with Crippen molar-refractivity contribution in [2.45, 2.75) is 17.4 Å². The molecule has 0 heterocycles. The summed E-state index contributed by atoms with van der Waals surface area (Å²) in [5.74, 6) is 1.32. The molecule has 2 aromatic rings. The molecule has 0 bridgehead atoms. The summed E-state index contributed by atoms with van der Waals surface area (Å²) in [5, 5.41) is 12.8. The Labute approximate surface area is 132 Å². The summed E-state index contributed by atoms with van der Waals surface area (Å²) >= 11 is 5.33. The molecule has 0 aliphatic rings. The third-order valence-electron chi connectivity index (χ3n) is 3.05. The second kappa shape index (κ2) is 7.72. The Morgan fingerprint density at radius 3 is 2.70 bits per heavy atom. The molecule has 0 spiro atoms. The van der Waals surface area contributed by atoms with Gasteiger partial charge in [-0.05, 0) is 49.4 Å². The van der Waals surface area contributed by atoms with Crippen LogP contribution in [0.25, 0.3) is 0 Å². The van der Waals surface area contributed by atoms with Gasteiger partial charge in [0.2, 0.25) is 0 Å². The van der Waals surface area contributed by atoms with E-state index in [1.165, 1.54) is 4.90 Å². The molecule has 0 saturated heterocycles. The largest absolute Gasteiger partial charge is 0.508 e. The van der Waals surface area contributed by atoms with E-state index in [1.807, 2.05) is 43.1 Å². The molecular formula is C16H18BrNOS. The molecule has 0 aromatic heterocycles. The lowest BCUT2D eigenvalue weighted by molar-refractivity contribution is 0.474. The lowest BCUT2D eigenvalue weighted by atomic mass is 10.1. The number of aromatic hydroxyl groups is 1. The molecule has 1 unspecified atom stereocenters. The maximum absolute atomic E-state index is 9.51. The highest BCUT2D eigenvalue weighted by Gasteiger charge is 2.08. The van der Waals surface area contributed by atoms with Crippen LogP contribution in [0, 0.1) is 0 Å². The highest BCUT2D eigenvalue weighted by Crippen LogP contribution is 2.23. The van der Waals surface area contributed by atoms with Crippen molar-refractivity contribution in [1.82, 2.24) is 5.32 Å². The van der Waals surface area contributed by atoms with E-state index >= 15 is 0 Å². The van der Waals surface area contributed by atoms with Crippen LogP contribution in [0.3, 0.4) is 0 Å². The van der Waals surface area contributed by atoms with Gasteiger partial charge in [-0.25, -0.2) is 0 Å². The number of halogens is 1. The summed E-state index contributed by atoms with van der Waals surface area (Å²) in [5.41, 5.74) is 1.15. The molecule has 0 aliphatic carbocycles. The smallest absolute Gasteiger partial charge is 0.115 e. The summed E-state index contributed by atoms with van der Waals surface area (Å²) < 4.78 is 1.11. The zero-order valence-corrected chi connectivity index (χ0v) is 13.7. The number of benzene rings is 2. The van der Waals surface area contributed by atoms with Gasteiger partial charge in [-0.15, -0.1) is 11.8 Å². The Bertz CT molecular complexity index is 562. The van der Waals surface area contributed by atoms with Crippen molar-refractivity contribution in [2.24, 2.45) is 0 Å². The average Bonchev–Trinajstić information content (AvgIpc) is 2.43. The van der Waals surface area contributed by atoms with Crippen molar-refractivity contribution in [3.05, 3.63) is 58.6 Å². The first-order chi connectivity index (χ1) is 9.67. The zero-order valence-electron chi connectivity index (χ0n) is 11.3. The van der Waals surface area contributed by atoms with Crippen molar-refractivity contribution in [3.8, 4) is 5.75 Å². The third-order valence-corrected chi connectivity index (χ3v) is 4.70. The molecule has 1 atom stereocenters. The molecule has 0 aliphatic heterocycles. The number of hydrogen-bond donors (Lipinski definition) is 2. The summed E-state index contributed by atoms with van der Waals surface area (Å²) in [4.78, 5) is 1.26. The number of rotatable bonds is 6. The number of nitrogens with one attached hydrogen (secondary N) is 1. The lowest BCUT2D eigenvalue weighted by Crippen LogP contribution is -2.30. The van der Waals surface area contributed by atoms with Gasteiger partial charge in [-0.3, -0.25) is 0 Å². The van der Waals surface area contributed by atoms with Crippen molar-refractivity contribution >= 4 is 27.7 Å². The van der Waals surface area contributed by atoms with Gasteiger partial charge in [0.15, 0.2) is 0 Å². The molecule has 0 fully saturated rings. The van der Waals surface area contributed by atoms with Gasteiger partial charge in [0.25, 0.3) is 0 Å². The molecule has 4 heteroatoms. The second-order valence-corrected chi connectivity index (χ2v) is 6.64. The standard InChI is InChI=1S/C16H18BrNOS/c1-18-14(8-12-4-2-6-15(19)9-12)11-20-16-7-3-5-13(17)10-16/h2-7,9-10,14,18-19H,8,11H2,1H3. The van der Waals surface area contributed by atoms with Crippen molar-refractivity contribution in [2.75, 3.05) is 12.8 Å². The fraction of sp³-hybridized carbons (Fsp3) is 0.250. The monoisotopic (exact) mass is 351 g/mol. The number of phenols is 1. The number of thioether (sulfide) groups is 1. The number of likely N-dealkylation sites (N-methyl/N-ethyl adjacent to an activating group) is 1. The third kappa shape index (κ3) is 4.85. The summed E-state index contributed by atoms with van der Waals surface area (Å²) in [6.45, 7) is 0. The highest BCUT2D eigenvalue weighted by molar-refractivity contribution is 9.10. The molecular weight excluding hydrogens is 334 g/mol. The van der Waals surface area contributed by atoms with Gasteiger partial charge < -0.3 is 10.4 Å². The maximum Gasteiger partial charge on any atom is 0.115 e. The van der Waals surface area contributed by atoms with E-state index in [0.29, 0.717) is 11.8 Å². The summed E-state index contributed by atoms with van der Waals surface area (Å²) in [6, 6.07) is 16.2. The quantitative estimate of drug-likeness (QED) is 0.769. The molecule has 106 valence electrons. The van der Waals surface area contributed by atoms with E-state index in [4.69, 9.17) is 0 Å². The van der Waals surface area contributed by atoms with Crippen LogP contribution in [0.1, 0.15) is 5.56 Å². The average molecular weight is 352 g/mol. The normalized spacial score (nSPS) is 12.3. The first kappa shape index (κ1) is 15.4. The first-order valence-electron chi connectivity index (χ1n) is 6.51. The lowest BCUT2D eigenvalue weighted by Gasteiger charge is -2.16. The Morgan fingerprint density at radius 1 is 1.20 bits per heavy atom. The Balaban J connectivity index is 1.92. The van der Waals surface area contributed by atoms with Crippen LogP contribution in [0.4, 0.5) is 0 Å². The van der Waals surface area contributed by atoms with E-state index in [2.05, 4.69) is 39.4 Å². The van der Waals surface area contributed by atoms with Crippen LogP contribution >= 0.6 is 27.7 Å². The van der Waals surface area contributed by atoms with Gasteiger partial charge >= 0.3 is 0 Å². The second-order valence-electron chi connectivity index (χ2n) is 4.63. The predicted octanol–water partition coefficient (Wildman–Crippen LogP) is 4.08. The SMILES string of the molecule is CNC(CSc1cccc(Br)c1)Cc1cccc(O)c1. The number of phenolic OH excluding ortho intramolecular Hbond substituents is 1. The van der Waals surface area contributed by atoms with E-state index in [-0.39, 0.29) is 0 Å². The molecule has 2 aromatic carbocycles. The van der Waals surface area contributed by atoms with Crippen molar-refractivity contribution < 1.29 is 5.11 Å². The summed E-state index contributed by atoms with van der Waals surface area (Å²) in [6.07, 6.45) is 0.909. The van der Waals surface area contributed by atoms with Gasteiger partial charge in [-0.1, -0.05) is 34.1 Å². The topological polar surface area (TPSA) is 32.3 Å². The van der Waals surface area contributed by atoms with Crippen LogP contribution < -0.4 is 5.32 Å². The first-order valence-corrected chi connectivity index (χ1v) is 8.29. The minimum Gasteiger partial charge on any atom is -0.508 e. The molecule has 0 radical (unpaired) electrons. The Morgan fingerprint density at radius 2 is 2.00 bits per heavy atom. The molecule has 2 nitrogen and oxygen atoms in total. The molecule has 0 saturated carbocycles. The fourth-order valence-corrected chi connectivity index (χ4v) is 3.58. The number of hydrogen-bond acceptors (Lipinski definition) is 3. The van der Waals surface area contributed by atoms with Crippen LogP contribution in [0.2, 0.25) is 0 Å². The van der Waals surface area contributed by atoms with E-state index in [1.54, 1.807) is 6.07 Å². The van der Waals surface area contributed by atoms with E-state index < -0.39 is 0 Å².